The summed E-state index contributed by atoms with van der Waals surface area (Å²) in [6, 6.07) is 8.43. The molecule has 160 valence electrons. The lowest BCUT2D eigenvalue weighted by Crippen LogP contribution is -2.52. The Labute approximate surface area is 195 Å². The van der Waals surface area contributed by atoms with E-state index in [1.165, 1.54) is 27.7 Å². The molecule has 0 unspecified atom stereocenters. The number of nitrogens with zero attached hydrogens (tertiary/aromatic N) is 5. The molecule has 1 saturated heterocycles. The number of aromatic nitrogens is 3. The molecular formula is C22H30IN7. The molecule has 1 fully saturated rings. The van der Waals surface area contributed by atoms with Crippen molar-refractivity contribution >= 4 is 46.8 Å². The molecule has 0 amide bonds. The summed E-state index contributed by atoms with van der Waals surface area (Å²) in [5.74, 6) is 1.78. The number of aromatic amines is 1. The van der Waals surface area contributed by atoms with E-state index in [2.05, 4.69) is 69.0 Å². The maximum Gasteiger partial charge on any atom is 0.225 e. The summed E-state index contributed by atoms with van der Waals surface area (Å²) in [7, 11) is 0. The van der Waals surface area contributed by atoms with Gasteiger partial charge in [0.05, 0.1) is 6.54 Å². The summed E-state index contributed by atoms with van der Waals surface area (Å²) < 4.78 is 0. The number of piperazine rings is 1. The van der Waals surface area contributed by atoms with Gasteiger partial charge in [-0.15, -0.1) is 24.0 Å². The summed E-state index contributed by atoms with van der Waals surface area (Å²) in [6.07, 6.45) is 3.59. The van der Waals surface area contributed by atoms with E-state index in [0.29, 0.717) is 6.54 Å². The molecule has 1 aliphatic heterocycles. The molecule has 4 rings (SSSR count). The molecule has 1 aliphatic rings. The summed E-state index contributed by atoms with van der Waals surface area (Å²) in [5.41, 5.74) is 4.97. The van der Waals surface area contributed by atoms with E-state index in [1.54, 1.807) is 12.4 Å². The number of anilines is 1. The van der Waals surface area contributed by atoms with Crippen molar-refractivity contribution in [3.63, 3.8) is 0 Å². The minimum absolute atomic E-state index is 0. The second-order valence-electron chi connectivity index (χ2n) is 7.45. The number of guanidine groups is 1. The number of halogens is 1. The van der Waals surface area contributed by atoms with Crippen LogP contribution in [0.1, 0.15) is 23.7 Å². The van der Waals surface area contributed by atoms with Crippen molar-refractivity contribution in [2.75, 3.05) is 37.6 Å². The topological polar surface area (TPSA) is 72.4 Å². The molecule has 0 spiro atoms. The molecule has 3 heterocycles. The quantitative estimate of drug-likeness (QED) is 0.314. The molecule has 0 bridgehead atoms. The van der Waals surface area contributed by atoms with Gasteiger partial charge in [-0.3, -0.25) is 0 Å². The minimum Gasteiger partial charge on any atom is -0.358 e. The summed E-state index contributed by atoms with van der Waals surface area (Å²) in [6.45, 7) is 11.5. The van der Waals surface area contributed by atoms with E-state index in [4.69, 9.17) is 4.99 Å². The van der Waals surface area contributed by atoms with Crippen LogP contribution in [0.15, 0.2) is 41.7 Å². The lowest BCUT2D eigenvalue weighted by molar-refractivity contribution is 0.370. The lowest BCUT2D eigenvalue weighted by Gasteiger charge is -2.36. The van der Waals surface area contributed by atoms with Gasteiger partial charge in [0.1, 0.15) is 0 Å². The molecule has 30 heavy (non-hydrogen) atoms. The fraction of sp³-hybridized carbons (Fsp3) is 0.409. The van der Waals surface area contributed by atoms with Crippen molar-refractivity contribution in [3.05, 3.63) is 53.5 Å². The lowest BCUT2D eigenvalue weighted by atomic mass is 10.1. The van der Waals surface area contributed by atoms with Crippen molar-refractivity contribution in [3.8, 4) is 0 Å². The number of H-pyrrole nitrogens is 1. The fourth-order valence-corrected chi connectivity index (χ4v) is 3.77. The average Bonchev–Trinajstić information content (AvgIpc) is 3.05. The summed E-state index contributed by atoms with van der Waals surface area (Å²) >= 11 is 0. The van der Waals surface area contributed by atoms with Crippen LogP contribution >= 0.6 is 24.0 Å². The van der Waals surface area contributed by atoms with E-state index >= 15 is 0 Å². The smallest absolute Gasteiger partial charge is 0.225 e. The van der Waals surface area contributed by atoms with Crippen LogP contribution in [-0.4, -0.2) is 58.5 Å². The number of benzene rings is 1. The standard InChI is InChI=1S/C22H29N7.HI/c1-4-23-21(28-10-12-29(13-11-28)22-24-8-5-9-25-22)26-15-18-6-7-20-19(14-18)16(2)17(3)27-20;/h5-9,14,27H,4,10-13,15H2,1-3H3,(H,23,26);1H. The number of hydrogen-bond acceptors (Lipinski definition) is 4. The van der Waals surface area contributed by atoms with Gasteiger partial charge in [0.25, 0.3) is 0 Å². The SMILES string of the molecule is CCNC(=NCc1ccc2[nH]c(C)c(C)c2c1)N1CCN(c2ncccn2)CC1.I. The average molecular weight is 519 g/mol. The number of rotatable bonds is 4. The van der Waals surface area contributed by atoms with E-state index in [-0.39, 0.29) is 24.0 Å². The number of fused-ring (bicyclic) bond motifs is 1. The van der Waals surface area contributed by atoms with Gasteiger partial charge in [0.15, 0.2) is 5.96 Å². The summed E-state index contributed by atoms with van der Waals surface area (Å²) in [4.78, 5) is 21.6. The first kappa shape index (κ1) is 22.3. The molecule has 2 N–H and O–H groups in total. The minimum atomic E-state index is 0. The Hall–Kier alpha value is -2.36. The van der Waals surface area contributed by atoms with Crippen molar-refractivity contribution < 1.29 is 0 Å². The number of aryl methyl sites for hydroxylation is 2. The normalized spacial score (nSPS) is 14.7. The Balaban J connectivity index is 0.00000256. The first-order chi connectivity index (χ1) is 14.2. The molecule has 2 aromatic heterocycles. The highest BCUT2D eigenvalue weighted by atomic mass is 127. The van der Waals surface area contributed by atoms with Gasteiger partial charge in [-0.05, 0) is 50.1 Å². The van der Waals surface area contributed by atoms with Crippen molar-refractivity contribution in [1.29, 1.82) is 0 Å². The Kier molecular flexibility index (Phi) is 7.52. The van der Waals surface area contributed by atoms with Crippen LogP contribution in [-0.2, 0) is 6.54 Å². The zero-order valence-electron chi connectivity index (χ0n) is 17.9. The highest BCUT2D eigenvalue weighted by Crippen LogP contribution is 2.22. The first-order valence-electron chi connectivity index (χ1n) is 10.3. The zero-order valence-corrected chi connectivity index (χ0v) is 20.2. The molecule has 0 saturated carbocycles. The molecule has 7 nitrogen and oxygen atoms in total. The predicted molar refractivity (Wildman–Crippen MR) is 134 cm³/mol. The van der Waals surface area contributed by atoms with Crippen LogP contribution in [0.5, 0.6) is 0 Å². The van der Waals surface area contributed by atoms with Crippen LogP contribution < -0.4 is 10.2 Å². The number of hydrogen-bond donors (Lipinski definition) is 2. The third-order valence-corrected chi connectivity index (χ3v) is 5.53. The largest absolute Gasteiger partial charge is 0.358 e. The second kappa shape index (κ2) is 10.1. The predicted octanol–water partition coefficient (Wildman–Crippen LogP) is 3.48. The van der Waals surface area contributed by atoms with Crippen LogP contribution in [0.3, 0.4) is 0 Å². The Morgan fingerprint density at radius 2 is 1.87 bits per heavy atom. The van der Waals surface area contributed by atoms with Gasteiger partial charge in [-0.1, -0.05) is 6.07 Å². The highest BCUT2D eigenvalue weighted by molar-refractivity contribution is 14.0. The van der Waals surface area contributed by atoms with E-state index in [1.807, 2.05) is 6.07 Å². The van der Waals surface area contributed by atoms with Crippen molar-refractivity contribution in [1.82, 2.24) is 25.2 Å². The third kappa shape index (κ3) is 4.85. The van der Waals surface area contributed by atoms with E-state index < -0.39 is 0 Å². The van der Waals surface area contributed by atoms with Crippen LogP contribution in [0.2, 0.25) is 0 Å². The maximum absolute atomic E-state index is 4.92. The molecule has 0 aliphatic carbocycles. The van der Waals surface area contributed by atoms with Gasteiger partial charge in [0.2, 0.25) is 5.95 Å². The van der Waals surface area contributed by atoms with Crippen LogP contribution in [0, 0.1) is 13.8 Å². The molecular weight excluding hydrogens is 489 g/mol. The third-order valence-electron chi connectivity index (χ3n) is 5.53. The molecule has 8 heteroatoms. The monoisotopic (exact) mass is 519 g/mol. The van der Waals surface area contributed by atoms with Gasteiger partial charge in [-0.2, -0.15) is 0 Å². The Morgan fingerprint density at radius 3 is 2.57 bits per heavy atom. The molecule has 0 radical (unpaired) electrons. The van der Waals surface area contributed by atoms with Gasteiger partial charge < -0.3 is 20.1 Å². The first-order valence-corrected chi connectivity index (χ1v) is 10.3. The van der Waals surface area contributed by atoms with Crippen molar-refractivity contribution in [2.24, 2.45) is 4.99 Å². The van der Waals surface area contributed by atoms with Gasteiger partial charge in [-0.25, -0.2) is 15.0 Å². The molecule has 1 aromatic carbocycles. The van der Waals surface area contributed by atoms with Crippen LogP contribution in [0.25, 0.3) is 10.9 Å². The number of aliphatic imine (C=N–C) groups is 1. The molecule has 3 aromatic rings. The highest BCUT2D eigenvalue weighted by Gasteiger charge is 2.21. The fourth-order valence-electron chi connectivity index (χ4n) is 3.77. The Morgan fingerprint density at radius 1 is 1.13 bits per heavy atom. The second-order valence-corrected chi connectivity index (χ2v) is 7.45. The maximum atomic E-state index is 4.92. The van der Waals surface area contributed by atoms with E-state index in [0.717, 1.165) is 44.6 Å². The van der Waals surface area contributed by atoms with Gasteiger partial charge >= 0.3 is 0 Å². The molecule has 0 atom stereocenters. The summed E-state index contributed by atoms with van der Waals surface area (Å²) in [5, 5.41) is 4.74. The van der Waals surface area contributed by atoms with E-state index in [9.17, 15) is 0 Å². The Bertz CT molecular complexity index is 991. The van der Waals surface area contributed by atoms with Crippen molar-refractivity contribution in [2.45, 2.75) is 27.3 Å². The zero-order chi connectivity index (χ0) is 20.2. The number of nitrogens with one attached hydrogen (secondary N) is 2. The van der Waals surface area contributed by atoms with Crippen LogP contribution in [0.4, 0.5) is 5.95 Å². The van der Waals surface area contributed by atoms with Gasteiger partial charge in [0, 0.05) is 61.7 Å².